The van der Waals surface area contributed by atoms with E-state index in [2.05, 4.69) is 16.0 Å². The number of benzene rings is 1. The fraction of sp³-hybridized carbons (Fsp3) is 0.474. The molecule has 0 saturated carbocycles. The number of piperidine rings is 1. The zero-order valence-corrected chi connectivity index (χ0v) is 15.5. The highest BCUT2D eigenvalue weighted by Crippen LogP contribution is 2.29. The molecule has 2 fully saturated rings. The number of nitrogens with one attached hydrogen (secondary N) is 3. The maximum absolute atomic E-state index is 12.8. The average molecular weight is 386 g/mol. The minimum absolute atomic E-state index is 0.105. The zero-order valence-electron chi connectivity index (χ0n) is 15.5. The first-order valence-electron chi connectivity index (χ1n) is 9.33. The van der Waals surface area contributed by atoms with Gasteiger partial charge in [-0.2, -0.15) is 0 Å². The third-order valence-electron chi connectivity index (χ3n) is 5.51. The maximum Gasteiger partial charge on any atom is 0.262 e. The zero-order chi connectivity index (χ0) is 19.8. The third kappa shape index (κ3) is 3.27. The fourth-order valence-electron chi connectivity index (χ4n) is 3.94. The Morgan fingerprint density at radius 1 is 1.18 bits per heavy atom. The molecule has 148 valence electrons. The lowest BCUT2D eigenvalue weighted by atomic mass is 10.0. The van der Waals surface area contributed by atoms with E-state index in [0.717, 1.165) is 23.6 Å². The molecule has 1 aromatic rings. The lowest BCUT2D eigenvalue weighted by molar-refractivity contribution is -0.136. The van der Waals surface area contributed by atoms with Crippen molar-refractivity contribution in [2.45, 2.75) is 37.5 Å². The number of rotatable bonds is 5. The van der Waals surface area contributed by atoms with Crippen LogP contribution in [0, 0.1) is 0 Å². The first-order valence-corrected chi connectivity index (χ1v) is 9.33. The van der Waals surface area contributed by atoms with E-state index < -0.39 is 23.8 Å². The summed E-state index contributed by atoms with van der Waals surface area (Å²) in [5.74, 6) is -2.00. The number of ether oxygens (including phenoxy) is 1. The van der Waals surface area contributed by atoms with Gasteiger partial charge in [0.05, 0.1) is 17.2 Å². The van der Waals surface area contributed by atoms with Gasteiger partial charge in [0.2, 0.25) is 11.8 Å². The van der Waals surface area contributed by atoms with Crippen molar-refractivity contribution in [2.24, 2.45) is 0 Å². The van der Waals surface area contributed by atoms with Crippen LogP contribution in [0.3, 0.4) is 0 Å². The van der Waals surface area contributed by atoms with Crippen LogP contribution in [0.5, 0.6) is 0 Å². The Balaban J connectivity index is 1.46. The van der Waals surface area contributed by atoms with Crippen molar-refractivity contribution in [1.82, 2.24) is 15.5 Å². The molecule has 28 heavy (non-hydrogen) atoms. The molecule has 0 radical (unpaired) electrons. The van der Waals surface area contributed by atoms with Gasteiger partial charge in [-0.25, -0.2) is 0 Å². The number of hydrogen-bond acceptors (Lipinski definition) is 7. The standard InChI is InChI=1S/C19H22N4O5/c1-28-12-6-11(21-9-12)8-20-10-2-3-13-14(7-10)19(27)23(18(13)26)15-4-5-16(24)22-17(15)25/h2-3,7,11-12,15,20-21H,4-6,8-9H2,1H3,(H,22,24,25). The van der Waals surface area contributed by atoms with Gasteiger partial charge in [-0.15, -0.1) is 0 Å². The van der Waals surface area contributed by atoms with E-state index >= 15 is 0 Å². The largest absolute Gasteiger partial charge is 0.383 e. The summed E-state index contributed by atoms with van der Waals surface area (Å²) in [5.41, 5.74) is 1.28. The number of fused-ring (bicyclic) bond motifs is 1. The molecule has 1 aromatic carbocycles. The molecule has 3 aliphatic rings. The van der Waals surface area contributed by atoms with Gasteiger partial charge in [0.15, 0.2) is 0 Å². The molecule has 9 heteroatoms. The Morgan fingerprint density at radius 3 is 2.68 bits per heavy atom. The van der Waals surface area contributed by atoms with Crippen LogP contribution in [-0.2, 0) is 14.3 Å². The van der Waals surface area contributed by atoms with Gasteiger partial charge in [-0.1, -0.05) is 0 Å². The van der Waals surface area contributed by atoms with Crippen LogP contribution >= 0.6 is 0 Å². The second-order valence-electron chi connectivity index (χ2n) is 7.29. The SMILES string of the molecule is COC1CNC(CNc2ccc3c(c2)C(=O)N(C2CCC(=O)NC2=O)C3=O)C1. The molecule has 3 N–H and O–H groups in total. The van der Waals surface area contributed by atoms with Crippen molar-refractivity contribution in [1.29, 1.82) is 0 Å². The monoisotopic (exact) mass is 386 g/mol. The van der Waals surface area contributed by atoms with Gasteiger partial charge in [-0.05, 0) is 31.0 Å². The number of amides is 4. The number of nitrogens with zero attached hydrogens (tertiary/aromatic N) is 1. The lowest BCUT2D eigenvalue weighted by Crippen LogP contribution is -2.54. The molecule has 0 bridgehead atoms. The number of carbonyl (C=O) groups excluding carboxylic acids is 4. The summed E-state index contributed by atoms with van der Waals surface area (Å²) in [6, 6.07) is 4.31. The molecule has 3 atom stereocenters. The van der Waals surface area contributed by atoms with Gasteiger partial charge in [0.25, 0.3) is 11.8 Å². The first-order chi connectivity index (χ1) is 13.5. The van der Waals surface area contributed by atoms with E-state index in [1.165, 1.54) is 0 Å². The summed E-state index contributed by atoms with van der Waals surface area (Å²) in [5, 5.41) is 8.84. The van der Waals surface area contributed by atoms with Crippen molar-refractivity contribution < 1.29 is 23.9 Å². The molecule has 4 amide bonds. The smallest absolute Gasteiger partial charge is 0.262 e. The molecule has 3 aliphatic heterocycles. The summed E-state index contributed by atoms with van der Waals surface area (Å²) in [7, 11) is 1.69. The molecule has 4 rings (SSSR count). The molecular weight excluding hydrogens is 364 g/mol. The van der Waals surface area contributed by atoms with E-state index in [-0.39, 0.29) is 42.0 Å². The quantitative estimate of drug-likeness (QED) is 0.604. The highest BCUT2D eigenvalue weighted by atomic mass is 16.5. The number of carbonyl (C=O) groups is 4. The van der Waals surface area contributed by atoms with Gasteiger partial charge in [0, 0.05) is 38.3 Å². The number of imide groups is 2. The Labute approximate surface area is 161 Å². The minimum atomic E-state index is -0.949. The first kappa shape index (κ1) is 18.6. The number of anilines is 1. The minimum Gasteiger partial charge on any atom is -0.383 e. The molecule has 0 aromatic heterocycles. The Bertz CT molecular complexity index is 855. The maximum atomic E-state index is 12.8. The van der Waals surface area contributed by atoms with Crippen LogP contribution in [0.15, 0.2) is 18.2 Å². The van der Waals surface area contributed by atoms with Crippen molar-refractivity contribution in [3.63, 3.8) is 0 Å². The van der Waals surface area contributed by atoms with E-state index in [1.807, 2.05) is 0 Å². The molecule has 3 unspecified atom stereocenters. The summed E-state index contributed by atoms with van der Waals surface area (Å²) >= 11 is 0. The Hall–Kier alpha value is -2.78. The third-order valence-corrected chi connectivity index (χ3v) is 5.51. The van der Waals surface area contributed by atoms with Gasteiger partial charge < -0.3 is 15.4 Å². The van der Waals surface area contributed by atoms with Crippen molar-refractivity contribution >= 4 is 29.3 Å². The van der Waals surface area contributed by atoms with E-state index in [9.17, 15) is 19.2 Å². The second-order valence-corrected chi connectivity index (χ2v) is 7.29. The highest BCUT2D eigenvalue weighted by Gasteiger charge is 2.44. The number of hydrogen-bond donors (Lipinski definition) is 3. The van der Waals surface area contributed by atoms with E-state index in [4.69, 9.17) is 4.74 Å². The summed E-state index contributed by atoms with van der Waals surface area (Å²) in [6.45, 7) is 1.47. The molecule has 3 heterocycles. The summed E-state index contributed by atoms with van der Waals surface area (Å²) in [6.07, 6.45) is 1.35. The van der Waals surface area contributed by atoms with E-state index in [0.29, 0.717) is 6.54 Å². The predicted octanol–water partition coefficient (Wildman–Crippen LogP) is -0.123. The fourth-order valence-corrected chi connectivity index (χ4v) is 3.94. The van der Waals surface area contributed by atoms with Crippen molar-refractivity contribution in [3.05, 3.63) is 29.3 Å². The highest BCUT2D eigenvalue weighted by molar-refractivity contribution is 6.23. The van der Waals surface area contributed by atoms with Crippen LogP contribution in [0.1, 0.15) is 40.0 Å². The van der Waals surface area contributed by atoms with Crippen LogP contribution in [0.4, 0.5) is 5.69 Å². The van der Waals surface area contributed by atoms with Crippen LogP contribution in [0.25, 0.3) is 0 Å². The normalized spacial score (nSPS) is 27.2. The summed E-state index contributed by atoms with van der Waals surface area (Å²) < 4.78 is 5.33. The molecular formula is C19H22N4O5. The van der Waals surface area contributed by atoms with Gasteiger partial charge in [0.1, 0.15) is 6.04 Å². The van der Waals surface area contributed by atoms with E-state index in [1.54, 1.807) is 25.3 Å². The number of methoxy groups -OCH3 is 1. The predicted molar refractivity (Wildman–Crippen MR) is 98.8 cm³/mol. The lowest BCUT2D eigenvalue weighted by Gasteiger charge is -2.27. The van der Waals surface area contributed by atoms with Crippen LogP contribution < -0.4 is 16.0 Å². The Morgan fingerprint density at radius 2 is 1.96 bits per heavy atom. The van der Waals surface area contributed by atoms with Crippen LogP contribution in [0.2, 0.25) is 0 Å². The molecule has 0 aliphatic carbocycles. The topological polar surface area (TPSA) is 117 Å². The van der Waals surface area contributed by atoms with Crippen molar-refractivity contribution in [3.8, 4) is 0 Å². The van der Waals surface area contributed by atoms with Gasteiger partial charge >= 0.3 is 0 Å². The molecule has 0 spiro atoms. The second kappa shape index (κ2) is 7.33. The molecule has 2 saturated heterocycles. The van der Waals surface area contributed by atoms with Crippen molar-refractivity contribution in [2.75, 3.05) is 25.5 Å². The average Bonchev–Trinajstić information content (AvgIpc) is 3.24. The Kier molecular flexibility index (Phi) is 4.86. The van der Waals surface area contributed by atoms with Gasteiger partial charge in [-0.3, -0.25) is 29.4 Å². The van der Waals surface area contributed by atoms with Crippen LogP contribution in [-0.4, -0.2) is 66.9 Å². The molecule has 9 nitrogen and oxygen atoms in total. The summed E-state index contributed by atoms with van der Waals surface area (Å²) in [4.78, 5) is 49.9.